The largest absolute Gasteiger partial charge is 0.497 e. The molecule has 1 aromatic rings. The first-order valence-electron chi connectivity index (χ1n) is 6.79. The Morgan fingerprint density at radius 3 is 2.59 bits per heavy atom. The van der Waals surface area contributed by atoms with Gasteiger partial charge in [0.15, 0.2) is 15.0 Å². The molecule has 3 rings (SSSR count). The predicted molar refractivity (Wildman–Crippen MR) is 87.4 cm³/mol. The topological polar surface area (TPSA) is 76.0 Å². The van der Waals surface area contributed by atoms with Gasteiger partial charge in [-0.1, -0.05) is 11.8 Å². The van der Waals surface area contributed by atoms with Crippen LogP contribution in [0.25, 0.3) is 0 Å². The number of nitrogens with zero attached hydrogens (tertiary/aromatic N) is 2. The van der Waals surface area contributed by atoms with Gasteiger partial charge in [-0.15, -0.1) is 0 Å². The summed E-state index contributed by atoms with van der Waals surface area (Å²) in [5, 5.41) is 0.493. The second kappa shape index (κ2) is 5.58. The maximum Gasteiger partial charge on any atom is 0.244 e. The molecule has 8 heteroatoms. The highest BCUT2D eigenvalue weighted by Gasteiger charge is 2.49. The van der Waals surface area contributed by atoms with Crippen LogP contribution < -0.4 is 9.64 Å². The summed E-state index contributed by atoms with van der Waals surface area (Å²) in [5.41, 5.74) is 0.818. The lowest BCUT2D eigenvalue weighted by Gasteiger charge is -2.24. The zero-order chi connectivity index (χ0) is 15.9. The molecule has 2 saturated heterocycles. The molecule has 0 N–H and O–H groups in total. The number of sulfone groups is 1. The summed E-state index contributed by atoms with van der Waals surface area (Å²) in [6.07, 6.45) is 0. The van der Waals surface area contributed by atoms with Gasteiger partial charge in [0.2, 0.25) is 5.91 Å². The minimum absolute atomic E-state index is 0.0785. The molecule has 0 saturated carbocycles. The molecule has 0 aliphatic carbocycles. The fourth-order valence-corrected chi connectivity index (χ4v) is 6.70. The Kier molecular flexibility index (Phi) is 3.90. The number of carbonyl (C=O) groups is 1. The maximum absolute atomic E-state index is 11.9. The molecular weight excluding hydrogens is 324 g/mol. The SMILES string of the molecule is COc1ccc(N2C(=NC(C)=O)S[C@H]3CS(=O)(=O)C[C@H]32)cc1. The molecule has 0 bridgehead atoms. The van der Waals surface area contributed by atoms with Crippen molar-refractivity contribution in [1.82, 2.24) is 0 Å². The molecule has 2 aliphatic rings. The minimum atomic E-state index is -3.04. The van der Waals surface area contributed by atoms with Crippen LogP contribution in [0.5, 0.6) is 5.75 Å². The average molecular weight is 340 g/mol. The summed E-state index contributed by atoms with van der Waals surface area (Å²) in [7, 11) is -1.45. The second-order valence-corrected chi connectivity index (χ2v) is 8.64. The average Bonchev–Trinajstić information content (AvgIpc) is 2.89. The van der Waals surface area contributed by atoms with E-state index in [0.29, 0.717) is 5.17 Å². The molecule has 6 nitrogen and oxygen atoms in total. The summed E-state index contributed by atoms with van der Waals surface area (Å²) >= 11 is 1.37. The van der Waals surface area contributed by atoms with Gasteiger partial charge in [0.1, 0.15) is 5.75 Å². The van der Waals surface area contributed by atoms with Gasteiger partial charge in [-0.2, -0.15) is 4.99 Å². The summed E-state index contributed by atoms with van der Waals surface area (Å²) in [5.74, 6) is 0.652. The van der Waals surface area contributed by atoms with E-state index in [1.807, 2.05) is 29.2 Å². The fourth-order valence-electron chi connectivity index (χ4n) is 2.74. The summed E-state index contributed by atoms with van der Waals surface area (Å²) in [6, 6.07) is 7.14. The van der Waals surface area contributed by atoms with Gasteiger partial charge in [0.25, 0.3) is 0 Å². The molecule has 2 heterocycles. The van der Waals surface area contributed by atoms with Gasteiger partial charge in [-0.3, -0.25) is 4.79 Å². The normalized spacial score (nSPS) is 27.9. The molecular formula is C14H16N2O4S2. The van der Waals surface area contributed by atoms with Crippen LogP contribution in [0.1, 0.15) is 6.92 Å². The number of rotatable bonds is 2. The van der Waals surface area contributed by atoms with Crippen molar-refractivity contribution in [3.05, 3.63) is 24.3 Å². The molecule has 2 aliphatic heterocycles. The van der Waals surface area contributed by atoms with Gasteiger partial charge < -0.3 is 9.64 Å². The van der Waals surface area contributed by atoms with E-state index in [9.17, 15) is 13.2 Å². The van der Waals surface area contributed by atoms with Crippen LogP contribution in [0.3, 0.4) is 0 Å². The number of anilines is 1. The molecule has 0 spiro atoms. The Balaban J connectivity index is 2.00. The maximum atomic E-state index is 11.9. The fraction of sp³-hybridized carbons (Fsp3) is 0.429. The molecule has 118 valence electrons. The van der Waals surface area contributed by atoms with Crippen LogP contribution in [0.4, 0.5) is 5.69 Å². The lowest BCUT2D eigenvalue weighted by Crippen LogP contribution is -2.37. The summed E-state index contributed by atoms with van der Waals surface area (Å²) < 4.78 is 28.9. The van der Waals surface area contributed by atoms with Crippen molar-refractivity contribution in [1.29, 1.82) is 0 Å². The minimum Gasteiger partial charge on any atom is -0.497 e. The summed E-state index contributed by atoms with van der Waals surface area (Å²) in [4.78, 5) is 17.3. The number of ether oxygens (including phenoxy) is 1. The van der Waals surface area contributed by atoms with Gasteiger partial charge in [-0.25, -0.2) is 8.42 Å². The number of methoxy groups -OCH3 is 1. The standard InChI is InChI=1S/C14H16N2O4S2/c1-9(17)15-14-16(10-3-5-11(20-2)6-4-10)12-7-22(18,19)8-13(12)21-14/h3-6,12-13H,7-8H2,1-2H3/t12-,13+/m1/s1. The van der Waals surface area contributed by atoms with E-state index >= 15 is 0 Å². The molecule has 1 aromatic carbocycles. The van der Waals surface area contributed by atoms with Gasteiger partial charge in [0, 0.05) is 17.9 Å². The highest BCUT2D eigenvalue weighted by molar-refractivity contribution is 8.16. The molecule has 0 unspecified atom stereocenters. The third-order valence-corrected chi connectivity index (χ3v) is 6.88. The summed E-state index contributed by atoms with van der Waals surface area (Å²) in [6.45, 7) is 1.39. The van der Waals surface area contributed by atoms with Crippen LogP contribution >= 0.6 is 11.8 Å². The Bertz CT molecular complexity index is 728. The van der Waals surface area contributed by atoms with Crippen LogP contribution in [0.2, 0.25) is 0 Å². The molecule has 0 radical (unpaired) electrons. The number of carbonyl (C=O) groups excluding carboxylic acids is 1. The monoisotopic (exact) mass is 340 g/mol. The number of hydrogen-bond acceptors (Lipinski definition) is 5. The number of aliphatic imine (C=N–C) groups is 1. The number of fused-ring (bicyclic) bond motifs is 1. The van der Waals surface area contributed by atoms with E-state index < -0.39 is 9.84 Å². The van der Waals surface area contributed by atoms with Crippen molar-refractivity contribution in [3.63, 3.8) is 0 Å². The number of amidine groups is 1. The molecule has 22 heavy (non-hydrogen) atoms. The molecule has 0 aromatic heterocycles. The van der Waals surface area contributed by atoms with Crippen molar-refractivity contribution in [2.75, 3.05) is 23.5 Å². The highest BCUT2D eigenvalue weighted by atomic mass is 32.2. The van der Waals surface area contributed by atoms with Crippen molar-refractivity contribution in [2.45, 2.75) is 18.2 Å². The molecule has 1 amide bonds. The third-order valence-electron chi connectivity index (χ3n) is 3.67. The van der Waals surface area contributed by atoms with Crippen LogP contribution in [0, 0.1) is 0 Å². The first-order chi connectivity index (χ1) is 10.4. The van der Waals surface area contributed by atoms with Gasteiger partial charge >= 0.3 is 0 Å². The quantitative estimate of drug-likeness (QED) is 0.808. The predicted octanol–water partition coefficient (Wildman–Crippen LogP) is 1.32. The van der Waals surface area contributed by atoms with E-state index in [0.717, 1.165) is 11.4 Å². The molecule has 2 fully saturated rings. The van der Waals surface area contributed by atoms with Crippen LogP contribution in [0.15, 0.2) is 29.3 Å². The lowest BCUT2D eigenvalue weighted by atomic mass is 10.2. The van der Waals surface area contributed by atoms with E-state index in [-0.39, 0.29) is 28.7 Å². The zero-order valence-electron chi connectivity index (χ0n) is 12.2. The van der Waals surface area contributed by atoms with E-state index in [1.165, 1.54) is 18.7 Å². The van der Waals surface area contributed by atoms with Crippen molar-refractivity contribution < 1.29 is 17.9 Å². The highest BCUT2D eigenvalue weighted by Crippen LogP contribution is 2.41. The number of thioether (sulfide) groups is 1. The number of benzene rings is 1. The van der Waals surface area contributed by atoms with Gasteiger partial charge in [-0.05, 0) is 24.3 Å². The smallest absolute Gasteiger partial charge is 0.244 e. The van der Waals surface area contributed by atoms with Crippen LogP contribution in [-0.2, 0) is 14.6 Å². The first-order valence-corrected chi connectivity index (χ1v) is 9.49. The number of amides is 1. The van der Waals surface area contributed by atoms with Crippen molar-refractivity contribution in [3.8, 4) is 5.75 Å². The Morgan fingerprint density at radius 2 is 2.00 bits per heavy atom. The third kappa shape index (κ3) is 2.85. The Morgan fingerprint density at radius 1 is 1.32 bits per heavy atom. The Labute approximate surface area is 133 Å². The second-order valence-electron chi connectivity index (χ2n) is 5.28. The lowest BCUT2D eigenvalue weighted by molar-refractivity contribution is -0.115. The first kappa shape index (κ1) is 15.4. The van der Waals surface area contributed by atoms with Crippen molar-refractivity contribution in [2.24, 2.45) is 4.99 Å². The van der Waals surface area contributed by atoms with E-state index in [1.54, 1.807) is 7.11 Å². The van der Waals surface area contributed by atoms with Gasteiger partial charge in [0.05, 0.1) is 24.7 Å². The number of hydrogen-bond donors (Lipinski definition) is 0. The van der Waals surface area contributed by atoms with E-state index in [4.69, 9.17) is 4.74 Å². The zero-order valence-corrected chi connectivity index (χ0v) is 13.9. The van der Waals surface area contributed by atoms with Crippen LogP contribution in [-0.4, -0.2) is 49.4 Å². The van der Waals surface area contributed by atoms with E-state index in [2.05, 4.69) is 4.99 Å². The van der Waals surface area contributed by atoms with Crippen molar-refractivity contribution >= 4 is 38.4 Å². The Hall–Kier alpha value is -1.54. The molecule has 2 atom stereocenters.